The smallest absolute Gasteiger partial charge is 0.326 e. The number of hydrogen-bond donors (Lipinski definition) is 2. The second-order valence-electron chi connectivity index (χ2n) is 5.54. The molecular weight excluding hydrogens is 222 g/mol. The summed E-state index contributed by atoms with van der Waals surface area (Å²) >= 11 is 0. The van der Waals surface area contributed by atoms with E-state index in [1.54, 1.807) is 20.8 Å². The molecule has 1 fully saturated rings. The maximum Gasteiger partial charge on any atom is 0.326 e. The highest BCUT2D eigenvalue weighted by Crippen LogP contribution is 2.20. The van der Waals surface area contributed by atoms with E-state index in [2.05, 4.69) is 5.32 Å². The molecule has 0 aromatic rings. The van der Waals surface area contributed by atoms with Crippen LogP contribution in [0.25, 0.3) is 0 Å². The first-order valence-corrected chi connectivity index (χ1v) is 5.94. The van der Waals surface area contributed by atoms with Gasteiger partial charge in [0.25, 0.3) is 0 Å². The van der Waals surface area contributed by atoms with E-state index in [1.807, 2.05) is 0 Å². The van der Waals surface area contributed by atoms with Crippen LogP contribution in [0.15, 0.2) is 0 Å². The van der Waals surface area contributed by atoms with E-state index in [9.17, 15) is 9.59 Å². The average molecular weight is 243 g/mol. The number of aliphatic carboxylic acids is 1. The van der Waals surface area contributed by atoms with Crippen LogP contribution < -0.4 is 5.32 Å². The largest absolute Gasteiger partial charge is 0.480 e. The van der Waals surface area contributed by atoms with Crippen molar-refractivity contribution in [2.24, 2.45) is 5.41 Å². The van der Waals surface area contributed by atoms with Gasteiger partial charge in [0.1, 0.15) is 6.04 Å². The van der Waals surface area contributed by atoms with Gasteiger partial charge in [0, 0.05) is 6.61 Å². The summed E-state index contributed by atoms with van der Waals surface area (Å²) in [4.78, 5) is 22.8. The van der Waals surface area contributed by atoms with Gasteiger partial charge in [-0.2, -0.15) is 0 Å². The predicted molar refractivity (Wildman–Crippen MR) is 62.6 cm³/mol. The molecule has 5 nitrogen and oxygen atoms in total. The number of hydrogen-bond acceptors (Lipinski definition) is 3. The lowest BCUT2D eigenvalue weighted by Crippen LogP contribution is -2.49. The quantitative estimate of drug-likeness (QED) is 0.777. The molecule has 0 aliphatic carbocycles. The number of carboxylic acids is 1. The van der Waals surface area contributed by atoms with Crippen molar-refractivity contribution in [3.05, 3.63) is 0 Å². The van der Waals surface area contributed by atoms with Crippen molar-refractivity contribution in [1.29, 1.82) is 0 Å². The maximum atomic E-state index is 11.7. The summed E-state index contributed by atoms with van der Waals surface area (Å²) in [6.07, 6.45) is 2.05. The van der Waals surface area contributed by atoms with Gasteiger partial charge in [-0.15, -0.1) is 0 Å². The molecule has 1 heterocycles. The third-order valence-electron chi connectivity index (χ3n) is 2.86. The average Bonchev–Trinajstić information content (AvgIpc) is 2.64. The summed E-state index contributed by atoms with van der Waals surface area (Å²) < 4.78 is 5.34. The molecule has 17 heavy (non-hydrogen) atoms. The molecule has 0 aromatic carbocycles. The van der Waals surface area contributed by atoms with Crippen molar-refractivity contribution in [2.45, 2.75) is 52.2 Å². The van der Waals surface area contributed by atoms with Crippen LogP contribution in [0.1, 0.15) is 40.0 Å². The van der Waals surface area contributed by atoms with Crippen LogP contribution in [0.5, 0.6) is 0 Å². The van der Waals surface area contributed by atoms with Crippen LogP contribution in [0.4, 0.5) is 0 Å². The molecule has 1 aliphatic rings. The van der Waals surface area contributed by atoms with E-state index < -0.39 is 17.4 Å². The first-order chi connectivity index (χ1) is 7.80. The molecule has 1 saturated heterocycles. The van der Waals surface area contributed by atoms with Crippen molar-refractivity contribution < 1.29 is 19.4 Å². The van der Waals surface area contributed by atoms with Crippen LogP contribution >= 0.6 is 0 Å². The van der Waals surface area contributed by atoms with Crippen molar-refractivity contribution in [1.82, 2.24) is 5.32 Å². The Kier molecular flexibility index (Phi) is 4.51. The van der Waals surface area contributed by atoms with Crippen molar-refractivity contribution in [3.8, 4) is 0 Å². The summed E-state index contributed by atoms with van der Waals surface area (Å²) in [6.45, 7) is 6.06. The van der Waals surface area contributed by atoms with Crippen molar-refractivity contribution in [3.63, 3.8) is 0 Å². The van der Waals surface area contributed by atoms with Crippen molar-refractivity contribution >= 4 is 11.9 Å². The number of carbonyl (C=O) groups is 2. The molecule has 0 spiro atoms. The van der Waals surface area contributed by atoms with E-state index in [4.69, 9.17) is 9.84 Å². The van der Waals surface area contributed by atoms with E-state index in [0.717, 1.165) is 12.8 Å². The topological polar surface area (TPSA) is 75.6 Å². The standard InChI is InChI=1S/C12H21NO4/c1-12(2,3)10(11(15)16)13-9(14)7-8-5-4-6-17-8/h8,10H,4-7H2,1-3H3,(H,13,14)(H,15,16)/t8?,10-/m0/s1. The first kappa shape index (κ1) is 14.0. The van der Waals surface area contributed by atoms with Crippen molar-refractivity contribution in [2.75, 3.05) is 6.61 Å². The Morgan fingerprint density at radius 2 is 2.12 bits per heavy atom. The van der Waals surface area contributed by atoms with E-state index in [-0.39, 0.29) is 18.4 Å². The zero-order valence-corrected chi connectivity index (χ0v) is 10.7. The maximum absolute atomic E-state index is 11.7. The van der Waals surface area contributed by atoms with Gasteiger partial charge in [-0.25, -0.2) is 4.79 Å². The van der Waals surface area contributed by atoms with Gasteiger partial charge in [0.05, 0.1) is 12.5 Å². The highest BCUT2D eigenvalue weighted by atomic mass is 16.5. The Morgan fingerprint density at radius 1 is 1.47 bits per heavy atom. The fourth-order valence-corrected chi connectivity index (χ4v) is 1.88. The Bertz CT molecular complexity index is 289. The molecule has 0 bridgehead atoms. The molecular formula is C12H21NO4. The third kappa shape index (κ3) is 4.34. The molecule has 0 radical (unpaired) electrons. The van der Waals surface area contributed by atoms with Crippen LogP contribution in [-0.4, -0.2) is 35.7 Å². The lowest BCUT2D eigenvalue weighted by atomic mass is 9.86. The van der Waals surface area contributed by atoms with Gasteiger partial charge >= 0.3 is 5.97 Å². The molecule has 0 aromatic heterocycles. The van der Waals surface area contributed by atoms with Gasteiger partial charge < -0.3 is 15.2 Å². The van der Waals surface area contributed by atoms with Crippen LogP contribution in [-0.2, 0) is 14.3 Å². The fraction of sp³-hybridized carbons (Fsp3) is 0.833. The van der Waals surface area contributed by atoms with Gasteiger partial charge in [-0.3, -0.25) is 4.79 Å². The molecule has 2 atom stereocenters. The molecule has 1 aliphatic heterocycles. The monoisotopic (exact) mass is 243 g/mol. The summed E-state index contributed by atoms with van der Waals surface area (Å²) in [5.41, 5.74) is -0.502. The van der Waals surface area contributed by atoms with Crippen LogP contribution in [0.3, 0.4) is 0 Å². The Morgan fingerprint density at radius 3 is 2.53 bits per heavy atom. The molecule has 1 amide bonds. The zero-order chi connectivity index (χ0) is 13.1. The van der Waals surface area contributed by atoms with E-state index >= 15 is 0 Å². The SMILES string of the molecule is CC(C)(C)[C@@H](NC(=O)CC1CCCO1)C(=O)O. The zero-order valence-electron chi connectivity index (χ0n) is 10.7. The predicted octanol–water partition coefficient (Wildman–Crippen LogP) is 1.17. The van der Waals surface area contributed by atoms with Gasteiger partial charge in [-0.05, 0) is 18.3 Å². The van der Waals surface area contributed by atoms with Gasteiger partial charge in [0.15, 0.2) is 0 Å². The molecule has 2 N–H and O–H groups in total. The summed E-state index contributed by atoms with van der Waals surface area (Å²) in [5.74, 6) is -1.25. The molecule has 98 valence electrons. The normalized spacial score (nSPS) is 22.2. The minimum absolute atomic E-state index is 0.0515. The fourth-order valence-electron chi connectivity index (χ4n) is 1.88. The minimum Gasteiger partial charge on any atom is -0.480 e. The van der Waals surface area contributed by atoms with E-state index in [0.29, 0.717) is 6.61 Å². The Balaban J connectivity index is 2.49. The second kappa shape index (κ2) is 5.49. The highest BCUT2D eigenvalue weighted by molar-refractivity contribution is 5.84. The Labute approximate surface area is 102 Å². The Hall–Kier alpha value is -1.10. The number of carboxylic acid groups (broad SMARTS) is 1. The van der Waals surface area contributed by atoms with Gasteiger partial charge in [-0.1, -0.05) is 20.8 Å². The van der Waals surface area contributed by atoms with E-state index in [1.165, 1.54) is 0 Å². The summed E-state index contributed by atoms with van der Waals surface area (Å²) in [6, 6.07) is -0.864. The van der Waals surface area contributed by atoms with Gasteiger partial charge in [0.2, 0.25) is 5.91 Å². The number of ether oxygens (including phenoxy) is 1. The number of amides is 1. The molecule has 0 saturated carbocycles. The van der Waals surface area contributed by atoms with Crippen LogP contribution in [0, 0.1) is 5.41 Å². The lowest BCUT2D eigenvalue weighted by molar-refractivity contribution is -0.145. The minimum atomic E-state index is -1.00. The molecule has 1 unspecified atom stereocenters. The summed E-state index contributed by atoms with van der Waals surface area (Å²) in [7, 11) is 0. The molecule has 5 heteroatoms. The second-order valence-corrected chi connectivity index (χ2v) is 5.54. The molecule has 1 rings (SSSR count). The lowest BCUT2D eigenvalue weighted by Gasteiger charge is -2.28. The first-order valence-electron chi connectivity index (χ1n) is 5.94. The number of rotatable bonds is 4. The number of carbonyl (C=O) groups excluding carboxylic acids is 1. The number of nitrogens with one attached hydrogen (secondary N) is 1. The third-order valence-corrected chi connectivity index (χ3v) is 2.86. The van der Waals surface area contributed by atoms with Crippen LogP contribution in [0.2, 0.25) is 0 Å². The highest BCUT2D eigenvalue weighted by Gasteiger charge is 2.33. The summed E-state index contributed by atoms with van der Waals surface area (Å²) in [5, 5.41) is 11.6.